The van der Waals surface area contributed by atoms with Crippen LogP contribution in [0.2, 0.25) is 0 Å². The molecule has 0 aromatic heterocycles. The molecule has 0 saturated carbocycles. The maximum Gasteiger partial charge on any atom is 0.255 e. The van der Waals surface area contributed by atoms with Crippen LogP contribution >= 0.6 is 0 Å². The Morgan fingerprint density at radius 1 is 0.900 bits per heavy atom. The molecule has 0 bridgehead atoms. The van der Waals surface area contributed by atoms with Crippen LogP contribution in [0.25, 0.3) is 0 Å². The van der Waals surface area contributed by atoms with Gasteiger partial charge in [0, 0.05) is 17.2 Å². The largest absolute Gasteiger partial charge is 0.349 e. The van der Waals surface area contributed by atoms with E-state index in [1.54, 1.807) is 18.2 Å². The van der Waals surface area contributed by atoms with E-state index in [0.29, 0.717) is 17.7 Å². The Kier molecular flexibility index (Phi) is 6.96. The third kappa shape index (κ3) is 5.77. The molecule has 0 heterocycles. The van der Waals surface area contributed by atoms with Gasteiger partial charge in [0.2, 0.25) is 5.91 Å². The third-order valence-corrected chi connectivity index (χ3v) is 4.92. The number of rotatable bonds is 7. The number of benzene rings is 3. The van der Waals surface area contributed by atoms with Gasteiger partial charge >= 0.3 is 0 Å². The topological polar surface area (TPSA) is 58.2 Å². The van der Waals surface area contributed by atoms with Crippen molar-refractivity contribution in [3.63, 3.8) is 0 Å². The van der Waals surface area contributed by atoms with Crippen LogP contribution in [-0.2, 0) is 11.2 Å². The molecule has 0 aliphatic heterocycles. The first kappa shape index (κ1) is 21.2. The summed E-state index contributed by atoms with van der Waals surface area (Å²) in [6, 6.07) is 22.5. The van der Waals surface area contributed by atoms with Gasteiger partial charge in [0.25, 0.3) is 5.91 Å². The van der Waals surface area contributed by atoms with Crippen LogP contribution in [-0.4, -0.2) is 11.8 Å². The van der Waals surface area contributed by atoms with Gasteiger partial charge in [-0.25, -0.2) is 4.39 Å². The summed E-state index contributed by atoms with van der Waals surface area (Å²) in [5.41, 5.74) is 2.91. The fraction of sp³-hybridized carbons (Fsp3) is 0.200. The van der Waals surface area contributed by atoms with Gasteiger partial charge in [-0.15, -0.1) is 0 Å². The average Bonchev–Trinajstić information content (AvgIpc) is 2.74. The second kappa shape index (κ2) is 9.83. The fourth-order valence-electron chi connectivity index (χ4n) is 3.23. The zero-order chi connectivity index (χ0) is 21.5. The Morgan fingerprint density at radius 2 is 1.63 bits per heavy atom. The van der Waals surface area contributed by atoms with Crippen LogP contribution in [0.4, 0.5) is 10.1 Å². The van der Waals surface area contributed by atoms with Crippen molar-refractivity contribution in [2.24, 2.45) is 5.92 Å². The van der Waals surface area contributed by atoms with Crippen LogP contribution in [0.1, 0.15) is 41.4 Å². The van der Waals surface area contributed by atoms with Gasteiger partial charge in [-0.2, -0.15) is 0 Å². The van der Waals surface area contributed by atoms with Crippen LogP contribution in [0, 0.1) is 11.7 Å². The SMILES string of the molecule is CC(Cc1cccc(F)c1)C(=O)NC(C)c1cccc(NC(=O)c2ccccc2)c1. The molecule has 3 aromatic rings. The minimum Gasteiger partial charge on any atom is -0.349 e. The first-order chi connectivity index (χ1) is 14.4. The van der Waals surface area contributed by atoms with E-state index in [4.69, 9.17) is 0 Å². The summed E-state index contributed by atoms with van der Waals surface area (Å²) >= 11 is 0. The lowest BCUT2D eigenvalue weighted by Crippen LogP contribution is -2.32. The van der Waals surface area contributed by atoms with E-state index in [9.17, 15) is 14.0 Å². The van der Waals surface area contributed by atoms with Crippen molar-refractivity contribution in [2.75, 3.05) is 5.32 Å². The van der Waals surface area contributed by atoms with Crippen LogP contribution < -0.4 is 10.6 Å². The minimum absolute atomic E-state index is 0.106. The number of halogens is 1. The zero-order valence-corrected chi connectivity index (χ0v) is 17.1. The Balaban J connectivity index is 1.61. The summed E-state index contributed by atoms with van der Waals surface area (Å²) in [4.78, 5) is 24.9. The highest BCUT2D eigenvalue weighted by molar-refractivity contribution is 6.04. The number of anilines is 1. The molecule has 3 rings (SSSR count). The predicted molar refractivity (Wildman–Crippen MR) is 117 cm³/mol. The Hall–Kier alpha value is -3.47. The Labute approximate surface area is 176 Å². The van der Waals surface area contributed by atoms with Crippen molar-refractivity contribution in [3.05, 3.63) is 101 Å². The molecule has 4 nitrogen and oxygen atoms in total. The molecule has 0 spiro atoms. The Morgan fingerprint density at radius 3 is 2.37 bits per heavy atom. The summed E-state index contributed by atoms with van der Waals surface area (Å²) in [5.74, 6) is -0.892. The molecule has 0 aliphatic carbocycles. The predicted octanol–water partition coefficient (Wildman–Crippen LogP) is 5.13. The summed E-state index contributed by atoms with van der Waals surface area (Å²) in [7, 11) is 0. The highest BCUT2D eigenvalue weighted by Crippen LogP contribution is 2.19. The number of nitrogens with one attached hydrogen (secondary N) is 2. The van der Waals surface area contributed by atoms with E-state index in [1.807, 2.05) is 62.4 Å². The smallest absolute Gasteiger partial charge is 0.255 e. The maximum absolute atomic E-state index is 13.4. The molecule has 2 unspecified atom stereocenters. The molecule has 3 aromatic carbocycles. The van der Waals surface area contributed by atoms with Crippen molar-refractivity contribution in [2.45, 2.75) is 26.3 Å². The number of carbonyl (C=O) groups excluding carboxylic acids is 2. The van der Waals surface area contributed by atoms with Gasteiger partial charge in [-0.1, -0.05) is 49.4 Å². The van der Waals surface area contributed by atoms with Gasteiger partial charge in [-0.05, 0) is 60.9 Å². The van der Waals surface area contributed by atoms with Crippen molar-refractivity contribution in [1.29, 1.82) is 0 Å². The summed E-state index contributed by atoms with van der Waals surface area (Å²) in [6.07, 6.45) is 0.462. The lowest BCUT2D eigenvalue weighted by Gasteiger charge is -2.19. The van der Waals surface area contributed by atoms with Crippen molar-refractivity contribution >= 4 is 17.5 Å². The lowest BCUT2D eigenvalue weighted by molar-refractivity contribution is -0.125. The van der Waals surface area contributed by atoms with E-state index >= 15 is 0 Å². The number of hydrogen-bond acceptors (Lipinski definition) is 2. The van der Waals surface area contributed by atoms with Gasteiger partial charge in [0.1, 0.15) is 5.82 Å². The molecular weight excluding hydrogens is 379 g/mol. The second-order valence-electron chi connectivity index (χ2n) is 7.41. The summed E-state index contributed by atoms with van der Waals surface area (Å²) in [6.45, 7) is 3.72. The maximum atomic E-state index is 13.4. The van der Waals surface area contributed by atoms with Crippen molar-refractivity contribution in [3.8, 4) is 0 Å². The summed E-state index contributed by atoms with van der Waals surface area (Å²) in [5, 5.41) is 5.88. The second-order valence-corrected chi connectivity index (χ2v) is 7.41. The van der Waals surface area contributed by atoms with E-state index in [0.717, 1.165) is 11.1 Å². The average molecular weight is 404 g/mol. The first-order valence-corrected chi connectivity index (χ1v) is 9.93. The highest BCUT2D eigenvalue weighted by Gasteiger charge is 2.17. The fourth-order valence-corrected chi connectivity index (χ4v) is 3.23. The number of hydrogen-bond donors (Lipinski definition) is 2. The monoisotopic (exact) mass is 404 g/mol. The molecule has 0 radical (unpaired) electrons. The molecule has 30 heavy (non-hydrogen) atoms. The molecule has 2 N–H and O–H groups in total. The van der Waals surface area contributed by atoms with E-state index < -0.39 is 0 Å². The third-order valence-electron chi connectivity index (χ3n) is 4.92. The van der Waals surface area contributed by atoms with Gasteiger partial charge < -0.3 is 10.6 Å². The zero-order valence-electron chi connectivity index (χ0n) is 17.1. The van der Waals surface area contributed by atoms with E-state index in [2.05, 4.69) is 10.6 Å². The normalized spacial score (nSPS) is 12.6. The first-order valence-electron chi connectivity index (χ1n) is 9.93. The van der Waals surface area contributed by atoms with Crippen LogP contribution in [0.15, 0.2) is 78.9 Å². The molecule has 154 valence electrons. The van der Waals surface area contributed by atoms with E-state index in [1.165, 1.54) is 12.1 Å². The van der Waals surface area contributed by atoms with Crippen molar-refractivity contribution < 1.29 is 14.0 Å². The summed E-state index contributed by atoms with van der Waals surface area (Å²) < 4.78 is 13.4. The van der Waals surface area contributed by atoms with Crippen LogP contribution in [0.5, 0.6) is 0 Å². The number of amides is 2. The number of carbonyl (C=O) groups is 2. The highest BCUT2D eigenvalue weighted by atomic mass is 19.1. The molecule has 0 aliphatic rings. The van der Waals surface area contributed by atoms with Gasteiger partial charge in [0.05, 0.1) is 6.04 Å². The quantitative estimate of drug-likeness (QED) is 0.573. The molecule has 2 amide bonds. The molecule has 2 atom stereocenters. The van der Waals surface area contributed by atoms with Gasteiger partial charge in [0.15, 0.2) is 0 Å². The van der Waals surface area contributed by atoms with E-state index in [-0.39, 0.29) is 29.6 Å². The minimum atomic E-state index is -0.303. The molecule has 0 fully saturated rings. The Bertz CT molecular complexity index is 1020. The molecule has 5 heteroatoms. The molecular formula is C25H25FN2O2. The van der Waals surface area contributed by atoms with Crippen LogP contribution in [0.3, 0.4) is 0 Å². The molecule has 0 saturated heterocycles. The van der Waals surface area contributed by atoms with Gasteiger partial charge in [-0.3, -0.25) is 9.59 Å². The standard InChI is InChI=1S/C25H25FN2O2/c1-17(14-19-8-6-12-22(26)15-19)24(29)27-18(2)21-11-7-13-23(16-21)28-25(30)20-9-4-3-5-10-20/h3-13,15-18H,14H2,1-2H3,(H,27,29)(H,28,30). The lowest BCUT2D eigenvalue weighted by atomic mass is 9.99. The van der Waals surface area contributed by atoms with Crippen molar-refractivity contribution in [1.82, 2.24) is 5.32 Å².